The fraction of sp³-hybridized carbons (Fsp3) is 0.316. The van der Waals surface area contributed by atoms with E-state index in [0.29, 0.717) is 40.9 Å². The summed E-state index contributed by atoms with van der Waals surface area (Å²) in [4.78, 5) is 12.7. The molecule has 6 nitrogen and oxygen atoms in total. The topological polar surface area (TPSA) is 75.7 Å². The van der Waals surface area contributed by atoms with Gasteiger partial charge in [-0.15, -0.1) is 0 Å². The number of halogens is 3. The maximum absolute atomic E-state index is 13.0. The third kappa shape index (κ3) is 5.16. The highest BCUT2D eigenvalue weighted by atomic mass is 35.5. The van der Waals surface area contributed by atoms with Gasteiger partial charge in [-0.25, -0.2) is 8.42 Å². The van der Waals surface area contributed by atoms with Crippen molar-refractivity contribution in [3.8, 4) is 5.75 Å². The highest BCUT2D eigenvalue weighted by molar-refractivity contribution is 7.89. The number of hydrogen-bond acceptors (Lipinski definition) is 4. The molecule has 10 heteroatoms. The number of methoxy groups -OCH3 is 1. The number of piperidine rings is 1. The average Bonchev–Trinajstić information content (AvgIpc) is 2.67. The van der Waals surface area contributed by atoms with E-state index in [-0.39, 0.29) is 22.4 Å². The van der Waals surface area contributed by atoms with Gasteiger partial charge in [0.25, 0.3) is 0 Å². The fourth-order valence-electron chi connectivity index (χ4n) is 3.20. The molecule has 0 saturated carbocycles. The van der Waals surface area contributed by atoms with Gasteiger partial charge in [-0.1, -0.05) is 34.8 Å². The van der Waals surface area contributed by atoms with Crippen LogP contribution in [0, 0.1) is 5.92 Å². The number of benzene rings is 2. The van der Waals surface area contributed by atoms with Crippen LogP contribution < -0.4 is 10.1 Å². The summed E-state index contributed by atoms with van der Waals surface area (Å²) in [7, 11) is -2.34. The molecule has 1 heterocycles. The number of nitrogens with zero attached hydrogens (tertiary/aromatic N) is 1. The largest absolute Gasteiger partial charge is 0.495 e. The first kappa shape index (κ1) is 22.2. The van der Waals surface area contributed by atoms with Crippen LogP contribution in [-0.4, -0.2) is 38.8 Å². The van der Waals surface area contributed by atoms with Gasteiger partial charge in [-0.3, -0.25) is 4.79 Å². The molecule has 2 aromatic carbocycles. The van der Waals surface area contributed by atoms with Crippen molar-refractivity contribution in [3.63, 3.8) is 0 Å². The number of nitrogens with one attached hydrogen (secondary N) is 1. The molecule has 1 aliphatic rings. The number of sulfonamides is 1. The van der Waals surface area contributed by atoms with Gasteiger partial charge in [0.2, 0.25) is 15.9 Å². The zero-order valence-corrected chi connectivity index (χ0v) is 18.6. The van der Waals surface area contributed by atoms with Crippen LogP contribution in [0.4, 0.5) is 5.69 Å². The van der Waals surface area contributed by atoms with E-state index in [4.69, 9.17) is 39.5 Å². The van der Waals surface area contributed by atoms with Crippen LogP contribution in [0.15, 0.2) is 41.3 Å². The number of rotatable bonds is 5. The van der Waals surface area contributed by atoms with E-state index < -0.39 is 15.9 Å². The Kier molecular flexibility index (Phi) is 6.96. The first-order chi connectivity index (χ1) is 13.7. The zero-order valence-electron chi connectivity index (χ0n) is 15.5. The van der Waals surface area contributed by atoms with Crippen LogP contribution in [0.1, 0.15) is 12.8 Å². The Bertz CT molecular complexity index is 1010. The van der Waals surface area contributed by atoms with Crippen LogP contribution in [0.25, 0.3) is 0 Å². The molecule has 1 atom stereocenters. The summed E-state index contributed by atoms with van der Waals surface area (Å²) < 4.78 is 32.4. The van der Waals surface area contributed by atoms with Crippen LogP contribution >= 0.6 is 34.8 Å². The minimum absolute atomic E-state index is 0.0611. The Morgan fingerprint density at radius 2 is 1.83 bits per heavy atom. The molecule has 1 saturated heterocycles. The Labute approximate surface area is 184 Å². The SMILES string of the molecule is COc1ccc(S(=O)(=O)N2CCC[C@@H](C(=O)Nc3cc(Cl)cc(Cl)c3)C2)cc1Cl. The molecule has 29 heavy (non-hydrogen) atoms. The molecule has 0 aliphatic carbocycles. The van der Waals surface area contributed by atoms with Gasteiger partial charge in [0.05, 0.1) is 22.9 Å². The number of ether oxygens (including phenoxy) is 1. The minimum Gasteiger partial charge on any atom is -0.495 e. The van der Waals surface area contributed by atoms with Gasteiger partial charge in [0.1, 0.15) is 5.75 Å². The van der Waals surface area contributed by atoms with Crippen molar-refractivity contribution in [3.05, 3.63) is 51.5 Å². The Hall–Kier alpha value is -1.51. The summed E-state index contributed by atoms with van der Waals surface area (Å²) >= 11 is 18.0. The predicted molar refractivity (Wildman–Crippen MR) is 115 cm³/mol. The first-order valence-electron chi connectivity index (χ1n) is 8.81. The van der Waals surface area contributed by atoms with E-state index in [9.17, 15) is 13.2 Å². The lowest BCUT2D eigenvalue weighted by atomic mass is 9.99. The number of anilines is 1. The number of carbonyl (C=O) groups excluding carboxylic acids is 1. The van der Waals surface area contributed by atoms with Gasteiger partial charge in [0, 0.05) is 28.8 Å². The summed E-state index contributed by atoms with van der Waals surface area (Å²) in [6, 6.07) is 9.04. The van der Waals surface area contributed by atoms with Crippen molar-refractivity contribution in [2.24, 2.45) is 5.92 Å². The van der Waals surface area contributed by atoms with E-state index in [0.717, 1.165) is 0 Å². The number of amides is 1. The van der Waals surface area contributed by atoms with Crippen LogP contribution in [-0.2, 0) is 14.8 Å². The van der Waals surface area contributed by atoms with E-state index in [1.807, 2.05) is 0 Å². The van der Waals surface area contributed by atoms with Crippen molar-refractivity contribution in [2.45, 2.75) is 17.7 Å². The van der Waals surface area contributed by atoms with E-state index in [1.54, 1.807) is 18.2 Å². The second kappa shape index (κ2) is 9.10. The summed E-state index contributed by atoms with van der Waals surface area (Å²) in [5, 5.41) is 3.77. The zero-order chi connectivity index (χ0) is 21.2. The standard InChI is InChI=1S/C19H19Cl3N2O4S/c1-28-18-5-4-16(10-17(18)22)29(26,27)24-6-2-3-12(11-24)19(25)23-15-8-13(20)7-14(21)9-15/h4-5,7-10,12H,2-3,6,11H2,1H3,(H,23,25)/t12-/m1/s1. The maximum atomic E-state index is 13.0. The van der Waals surface area contributed by atoms with Crippen molar-refractivity contribution in [1.82, 2.24) is 4.31 Å². The van der Waals surface area contributed by atoms with Gasteiger partial charge >= 0.3 is 0 Å². The Morgan fingerprint density at radius 1 is 1.14 bits per heavy atom. The molecule has 1 aliphatic heterocycles. The molecular formula is C19H19Cl3N2O4S. The molecule has 1 fully saturated rings. The highest BCUT2D eigenvalue weighted by Crippen LogP contribution is 2.31. The molecule has 0 bridgehead atoms. The number of hydrogen-bond donors (Lipinski definition) is 1. The van der Waals surface area contributed by atoms with E-state index in [1.165, 1.54) is 29.6 Å². The van der Waals surface area contributed by atoms with Gasteiger partial charge in [0.15, 0.2) is 0 Å². The molecule has 0 unspecified atom stereocenters. The quantitative estimate of drug-likeness (QED) is 0.677. The lowest BCUT2D eigenvalue weighted by molar-refractivity contribution is -0.120. The second-order valence-electron chi connectivity index (χ2n) is 6.65. The fourth-order valence-corrected chi connectivity index (χ4v) is 5.60. The molecule has 0 spiro atoms. The van der Waals surface area contributed by atoms with E-state index in [2.05, 4.69) is 5.32 Å². The predicted octanol–water partition coefficient (Wildman–Crippen LogP) is 4.69. The number of carbonyl (C=O) groups is 1. The van der Waals surface area contributed by atoms with Crippen LogP contribution in [0.5, 0.6) is 5.75 Å². The minimum atomic E-state index is -3.79. The summed E-state index contributed by atoms with van der Waals surface area (Å²) in [6.07, 6.45) is 1.15. The Morgan fingerprint density at radius 3 is 2.45 bits per heavy atom. The maximum Gasteiger partial charge on any atom is 0.243 e. The van der Waals surface area contributed by atoms with Crippen molar-refractivity contribution >= 4 is 56.4 Å². The molecule has 2 aromatic rings. The second-order valence-corrected chi connectivity index (χ2v) is 9.86. The van der Waals surface area contributed by atoms with Crippen molar-refractivity contribution < 1.29 is 17.9 Å². The van der Waals surface area contributed by atoms with Gasteiger partial charge in [-0.2, -0.15) is 4.31 Å². The summed E-state index contributed by atoms with van der Waals surface area (Å²) in [5.74, 6) is -0.386. The van der Waals surface area contributed by atoms with Crippen LogP contribution in [0.3, 0.4) is 0 Å². The highest BCUT2D eigenvalue weighted by Gasteiger charge is 2.33. The van der Waals surface area contributed by atoms with Gasteiger partial charge < -0.3 is 10.1 Å². The summed E-state index contributed by atoms with van der Waals surface area (Å²) in [5.41, 5.74) is 0.467. The average molecular weight is 478 g/mol. The van der Waals surface area contributed by atoms with Gasteiger partial charge in [-0.05, 0) is 49.2 Å². The van der Waals surface area contributed by atoms with Crippen molar-refractivity contribution in [2.75, 3.05) is 25.5 Å². The molecule has 0 radical (unpaired) electrons. The normalized spacial score (nSPS) is 17.7. The molecular weight excluding hydrogens is 459 g/mol. The van der Waals surface area contributed by atoms with E-state index >= 15 is 0 Å². The van der Waals surface area contributed by atoms with Crippen LogP contribution in [0.2, 0.25) is 15.1 Å². The smallest absolute Gasteiger partial charge is 0.243 e. The molecule has 156 valence electrons. The summed E-state index contributed by atoms with van der Waals surface area (Å²) in [6.45, 7) is 0.408. The lowest BCUT2D eigenvalue weighted by Crippen LogP contribution is -2.43. The molecule has 1 amide bonds. The third-order valence-corrected chi connectivity index (χ3v) is 7.24. The molecule has 3 rings (SSSR count). The Balaban J connectivity index is 1.75. The molecule has 1 N–H and O–H groups in total. The monoisotopic (exact) mass is 476 g/mol. The first-order valence-corrected chi connectivity index (χ1v) is 11.4. The lowest BCUT2D eigenvalue weighted by Gasteiger charge is -2.31. The van der Waals surface area contributed by atoms with Crippen molar-refractivity contribution in [1.29, 1.82) is 0 Å². The molecule has 0 aromatic heterocycles. The third-order valence-electron chi connectivity index (χ3n) is 4.65.